The minimum Gasteiger partial charge on any atom is -0.494 e. The predicted molar refractivity (Wildman–Crippen MR) is 407 cm³/mol. The summed E-state index contributed by atoms with van der Waals surface area (Å²) in [6, 6.07) is 41.8. The largest absolute Gasteiger partial charge is 0.494 e. The normalized spacial score (nSPS) is 11.9. The zero-order valence-corrected chi connectivity index (χ0v) is 66.6. The smallest absolute Gasteiger partial charge is 0.410 e. The third-order valence-electron chi connectivity index (χ3n) is 17.3. The summed E-state index contributed by atoms with van der Waals surface area (Å²) in [5, 5.41) is 0. The number of rotatable bonds is 47. The molecule has 120 heavy (non-hydrogen) atoms. The van der Waals surface area contributed by atoms with Gasteiger partial charge in [-0.1, -0.05) is 106 Å². The average molecular weight is 1720 g/mol. The highest BCUT2D eigenvalue weighted by atomic mass is 19.4. The van der Waals surface area contributed by atoms with Crippen LogP contribution in [0.25, 0.3) is 22.3 Å². The van der Waals surface area contributed by atoms with Gasteiger partial charge in [0.15, 0.2) is 0 Å². The highest BCUT2D eigenvalue weighted by Gasteiger charge is 2.96. The van der Waals surface area contributed by atoms with E-state index in [9.17, 15) is 109 Å². The topological polar surface area (TPSA) is 229 Å². The van der Waals surface area contributed by atoms with Gasteiger partial charge in [-0.05, 0) is 218 Å². The van der Waals surface area contributed by atoms with Crippen LogP contribution in [0.3, 0.4) is 0 Å². The Bertz CT molecular complexity index is 4270. The van der Waals surface area contributed by atoms with Gasteiger partial charge in [-0.3, -0.25) is 4.79 Å². The quantitative estimate of drug-likeness (QED) is 0.00863. The number of hydrogen-bond donors (Lipinski definition) is 0. The molecule has 6 aromatic rings. The lowest BCUT2D eigenvalue weighted by molar-refractivity contribution is -0.449. The molecule has 0 aliphatic rings. The zero-order valence-electron chi connectivity index (χ0n) is 66.6. The molecule has 0 atom stereocenters. The van der Waals surface area contributed by atoms with Crippen LogP contribution in [0.1, 0.15) is 174 Å². The number of carbonyl (C=O) groups excluding carboxylic acids is 8. The monoisotopic (exact) mass is 1720 g/mol. The first-order chi connectivity index (χ1) is 56.4. The predicted octanol–water partition coefficient (Wildman–Crippen LogP) is 21.6. The Morgan fingerprint density at radius 2 is 0.558 bits per heavy atom. The second kappa shape index (κ2) is 47.7. The molecule has 0 heterocycles. The van der Waals surface area contributed by atoms with Crippen molar-refractivity contribution in [2.24, 2.45) is 0 Å². The number of halogens is 16. The van der Waals surface area contributed by atoms with E-state index in [1.54, 1.807) is 86.6 Å². The van der Waals surface area contributed by atoms with Gasteiger partial charge in [0.1, 0.15) is 23.0 Å². The highest BCUT2D eigenvalue weighted by Crippen LogP contribution is 2.64. The first-order valence-corrected chi connectivity index (χ1v) is 38.0. The van der Waals surface area contributed by atoms with Crippen molar-refractivity contribution in [3.8, 4) is 45.3 Å². The number of aryl methyl sites for hydroxylation is 1. The van der Waals surface area contributed by atoms with Crippen molar-refractivity contribution in [1.29, 1.82) is 0 Å². The van der Waals surface area contributed by atoms with Crippen LogP contribution in [-0.4, -0.2) is 148 Å². The highest BCUT2D eigenvalue weighted by molar-refractivity contribution is 5.92. The van der Waals surface area contributed by atoms with Gasteiger partial charge in [-0.25, -0.2) is 33.6 Å². The second-order valence-corrected chi connectivity index (χ2v) is 27.1. The summed E-state index contributed by atoms with van der Waals surface area (Å²) in [5.74, 6) is -73.5. The molecule has 0 N–H and O–H groups in total. The van der Waals surface area contributed by atoms with E-state index in [4.69, 9.17) is 37.9 Å². The molecule has 0 amide bonds. The van der Waals surface area contributed by atoms with Gasteiger partial charge in [0, 0.05) is 18.1 Å². The molecule has 6 rings (SSSR count). The third kappa shape index (κ3) is 29.2. The molecule has 658 valence electrons. The summed E-state index contributed by atoms with van der Waals surface area (Å²) in [6.07, 6.45) is 11.2. The molecule has 0 saturated carbocycles. The van der Waals surface area contributed by atoms with Crippen molar-refractivity contribution in [1.82, 2.24) is 0 Å². The number of benzene rings is 6. The van der Waals surface area contributed by atoms with Gasteiger partial charge in [0.05, 0.1) is 69.5 Å². The van der Waals surface area contributed by atoms with Crippen molar-refractivity contribution in [2.75, 3.05) is 52.9 Å². The number of hydrogen-bond acceptors (Lipinski definition) is 18. The first-order valence-electron chi connectivity index (χ1n) is 38.0. The molecule has 0 aromatic heterocycles. The summed E-state index contributed by atoms with van der Waals surface area (Å²) in [5.41, 5.74) is 6.41. The van der Waals surface area contributed by atoms with Crippen LogP contribution >= 0.6 is 0 Å². The minimum absolute atomic E-state index is 0.0209. The molecule has 0 aliphatic heterocycles. The molecule has 0 radical (unpaired) electrons. The van der Waals surface area contributed by atoms with Gasteiger partial charge in [-0.15, -0.1) is 0 Å². The summed E-state index contributed by atoms with van der Waals surface area (Å²) in [7, 11) is 0. The van der Waals surface area contributed by atoms with Crippen molar-refractivity contribution < 1.29 is 156 Å². The van der Waals surface area contributed by atoms with E-state index in [2.05, 4.69) is 36.5 Å². The summed E-state index contributed by atoms with van der Waals surface area (Å²) < 4.78 is 273. The molecule has 6 aromatic carbocycles. The Kier molecular flexibility index (Phi) is 40.3. The molecule has 0 saturated heterocycles. The molecule has 0 bridgehead atoms. The van der Waals surface area contributed by atoms with Crippen molar-refractivity contribution >= 4 is 47.8 Å². The molecule has 0 unspecified atom stereocenters. The lowest BCUT2D eigenvalue weighted by Gasteiger charge is -2.42. The van der Waals surface area contributed by atoms with Crippen LogP contribution in [0.15, 0.2) is 170 Å². The summed E-state index contributed by atoms with van der Waals surface area (Å²) >= 11 is 0. The number of ether oxygens (including phenoxy) is 10. The van der Waals surface area contributed by atoms with Gasteiger partial charge < -0.3 is 47.4 Å². The standard InChI is InChI=1S/C36H42O7.C33H28F16O8.C17H24O3/c1-4-5-6-9-26-42-35(38)30-14-12-28(13-15-30)29-16-22-33(23-17-29)43-36(39)31-18-20-32(21-19-31)40-24-10-7-8-11-25-41-34(37)27(2)3;1-3-54-24(52)26(34,35)28(38,39)30(42,43)32(46,47)33(48,49)31(44,45)29(40,41)27(36,37)25(53)56-17-7-5-4-6-16-55-23(51)21-10-8-19(9-11-21)20-12-14-22(15-13-20)57-18(2)50;1-14(2)17(18)20-13-7-5-4-6-12-19-16-10-8-15(3)9-11-16/h12-23H,2,4-11,24-26H2,1,3H3;8-15H,3-7,16-17H2,1-2H3;8-11H,1,4-7,12-13H2,2-3H3. The Balaban J connectivity index is 0.000000419. The van der Waals surface area contributed by atoms with E-state index in [-0.39, 0.29) is 49.3 Å². The molecular formula is C86H94F16O18. The fourth-order valence-electron chi connectivity index (χ4n) is 10.3. The van der Waals surface area contributed by atoms with Gasteiger partial charge in [0.25, 0.3) is 0 Å². The molecule has 18 nitrogen and oxygen atoms in total. The van der Waals surface area contributed by atoms with Crippen LogP contribution in [-0.2, 0) is 52.4 Å². The zero-order chi connectivity index (χ0) is 89.7. The Morgan fingerprint density at radius 3 is 0.892 bits per heavy atom. The maximum atomic E-state index is 14.1. The summed E-state index contributed by atoms with van der Waals surface area (Å²) in [6.45, 7) is 16.0. The van der Waals surface area contributed by atoms with Crippen LogP contribution < -0.4 is 18.9 Å². The summed E-state index contributed by atoms with van der Waals surface area (Å²) in [4.78, 5) is 93.1. The fourth-order valence-corrected chi connectivity index (χ4v) is 10.3. The van der Waals surface area contributed by atoms with Crippen LogP contribution in [0, 0.1) is 6.92 Å². The molecule has 0 spiro atoms. The van der Waals surface area contributed by atoms with E-state index < -0.39 is 96.9 Å². The maximum absolute atomic E-state index is 14.1. The number of alkyl halides is 16. The molecule has 34 heteroatoms. The Labute approximate surface area is 683 Å². The molecular weight excluding hydrogens is 1620 g/mol. The first kappa shape index (κ1) is 101. The van der Waals surface area contributed by atoms with E-state index in [0.717, 1.165) is 101 Å². The lowest BCUT2D eigenvalue weighted by atomic mass is 9.87. The van der Waals surface area contributed by atoms with Crippen LogP contribution in [0.4, 0.5) is 70.2 Å². The second-order valence-electron chi connectivity index (χ2n) is 27.1. The van der Waals surface area contributed by atoms with E-state index in [1.807, 2.05) is 48.5 Å². The number of esters is 8. The van der Waals surface area contributed by atoms with Crippen LogP contribution in [0.5, 0.6) is 23.0 Å². The molecule has 0 aliphatic carbocycles. The van der Waals surface area contributed by atoms with Gasteiger partial charge in [0.2, 0.25) is 0 Å². The minimum atomic E-state index is -8.79. The van der Waals surface area contributed by atoms with Crippen LogP contribution in [0.2, 0.25) is 0 Å². The van der Waals surface area contributed by atoms with E-state index in [0.29, 0.717) is 84.0 Å². The van der Waals surface area contributed by atoms with Gasteiger partial charge >= 0.3 is 95.1 Å². The maximum Gasteiger partial charge on any atom is 0.410 e. The van der Waals surface area contributed by atoms with Crippen molar-refractivity contribution in [3.05, 3.63) is 192 Å². The number of unbranched alkanes of at least 4 members (excludes halogenated alkanes) is 12. The fraction of sp³-hybridized carbons (Fsp3) is 0.442. The average Bonchev–Trinajstić information content (AvgIpc) is 0.695. The van der Waals surface area contributed by atoms with Crippen molar-refractivity contribution in [3.63, 3.8) is 0 Å². The Hall–Kier alpha value is -11.0. The van der Waals surface area contributed by atoms with Crippen molar-refractivity contribution in [2.45, 2.75) is 192 Å². The van der Waals surface area contributed by atoms with E-state index in [1.165, 1.54) is 36.8 Å². The van der Waals surface area contributed by atoms with E-state index >= 15 is 0 Å². The SMILES string of the molecule is C=C(C)C(=O)OCCCCCCOc1ccc(C(=O)Oc2ccc(-c3ccc(C(=O)OCCCCCC)cc3)cc2)cc1.C=C(C)C(=O)OCCCCCCOc1ccc(C)cc1.CCOC(=O)C(F)(F)C(F)(F)C(F)(F)C(F)(F)C(F)(F)C(F)(F)C(F)(F)C(F)(F)C(=O)OCCCCCCOC(=O)c1ccc(-c2ccc(OC(C)=O)cc2)cc1. The molecule has 0 fully saturated rings. The Morgan fingerprint density at radius 1 is 0.292 bits per heavy atom. The lowest BCUT2D eigenvalue weighted by Crippen LogP contribution is -2.75. The third-order valence-corrected chi connectivity index (χ3v) is 17.3. The number of carbonyl (C=O) groups is 8. The van der Waals surface area contributed by atoms with Gasteiger partial charge in [-0.2, -0.15) is 70.2 Å².